The van der Waals surface area contributed by atoms with Gasteiger partial charge in [-0.15, -0.1) is 0 Å². The Morgan fingerprint density at radius 3 is 2.23 bits per heavy atom. The van der Waals surface area contributed by atoms with Crippen molar-refractivity contribution in [1.29, 1.82) is 0 Å². The summed E-state index contributed by atoms with van der Waals surface area (Å²) >= 11 is 0. The van der Waals surface area contributed by atoms with Crippen LogP contribution in [0.4, 0.5) is 5.82 Å². The van der Waals surface area contributed by atoms with Crippen LogP contribution in [0.25, 0.3) is 0 Å². The van der Waals surface area contributed by atoms with Crippen LogP contribution in [0.3, 0.4) is 0 Å². The molecule has 1 aromatic heterocycles. The number of aliphatic hydroxyl groups excluding tert-OH is 5. The van der Waals surface area contributed by atoms with E-state index in [1.165, 1.54) is 50.1 Å². The lowest BCUT2D eigenvalue weighted by Crippen LogP contribution is -2.52. The van der Waals surface area contributed by atoms with E-state index in [0.29, 0.717) is 25.2 Å². The fourth-order valence-corrected chi connectivity index (χ4v) is 10.2. The zero-order valence-corrected chi connectivity index (χ0v) is 42.1. The van der Waals surface area contributed by atoms with Gasteiger partial charge in [0.25, 0.3) is 0 Å². The van der Waals surface area contributed by atoms with Gasteiger partial charge in [0.05, 0.1) is 37.6 Å². The number of nitrogen functional groups attached to an aromatic ring is 1. The number of allylic oxidation sites excluding steroid dienone is 2. The van der Waals surface area contributed by atoms with E-state index >= 15 is 0 Å². The van der Waals surface area contributed by atoms with Gasteiger partial charge < -0.3 is 55.3 Å². The number of esters is 2. The molecule has 23 heteroatoms. The number of nitrogens with zero attached hydrogens (tertiary/aromatic N) is 2. The van der Waals surface area contributed by atoms with Gasteiger partial charge >= 0.3 is 33.3 Å². The maximum Gasteiger partial charge on any atom is 0.481 e. The molecule has 12 atom stereocenters. The largest absolute Gasteiger partial charge is 0.481 e. The van der Waals surface area contributed by atoms with Gasteiger partial charge in [0.15, 0.2) is 6.10 Å². The Morgan fingerprint density at radius 1 is 0.913 bits per heavy atom. The number of aromatic nitrogens is 2. The van der Waals surface area contributed by atoms with Gasteiger partial charge in [-0.2, -0.15) is 9.29 Å². The van der Waals surface area contributed by atoms with E-state index in [4.69, 9.17) is 29.0 Å². The number of phosphoric ester groups is 2. The van der Waals surface area contributed by atoms with Crippen LogP contribution in [0.1, 0.15) is 149 Å². The minimum atomic E-state index is -5.70. The average Bonchev–Trinajstić information content (AvgIpc) is 3.27. The number of rotatable bonds is 20. The molecule has 0 spiro atoms. The van der Waals surface area contributed by atoms with E-state index in [0.717, 1.165) is 43.1 Å². The summed E-state index contributed by atoms with van der Waals surface area (Å²) in [7, 11) is -11.3. The van der Waals surface area contributed by atoms with E-state index in [2.05, 4.69) is 23.1 Å². The number of unbranched alkanes of at least 4 members (excludes halogenated alkanes) is 9. The van der Waals surface area contributed by atoms with E-state index in [1.807, 2.05) is 6.92 Å². The highest BCUT2D eigenvalue weighted by molar-refractivity contribution is 7.61. The fraction of sp³-hybridized carbons (Fsp3) is 0.783. The second-order valence-electron chi connectivity index (χ2n) is 18.4. The third-order valence-electron chi connectivity index (χ3n) is 12.0. The summed E-state index contributed by atoms with van der Waals surface area (Å²) in [5.74, 6) is -3.43. The Kier molecular flexibility index (Phi) is 27.6. The molecule has 3 rings (SSSR count). The molecule has 0 aliphatic carbocycles. The fourth-order valence-electron chi connectivity index (χ4n) is 8.07. The summed E-state index contributed by atoms with van der Waals surface area (Å²) in [6.45, 7) is 3.72. The predicted molar refractivity (Wildman–Crippen MR) is 254 cm³/mol. The second kappa shape index (κ2) is 31.5. The van der Waals surface area contributed by atoms with Crippen molar-refractivity contribution < 1.29 is 81.6 Å². The smallest absolute Gasteiger partial charge is 0.462 e. The third kappa shape index (κ3) is 23.5. The third-order valence-corrected chi connectivity index (χ3v) is 14.6. The molecule has 2 unspecified atom stereocenters. The molecule has 0 saturated carbocycles. The quantitative estimate of drug-likeness (QED) is 0.0337. The highest BCUT2D eigenvalue weighted by atomic mass is 31.3. The summed E-state index contributed by atoms with van der Waals surface area (Å²) in [4.78, 5) is 63.9. The Labute approximate surface area is 405 Å². The molecule has 1 aromatic rings. The number of hydrogen-bond donors (Lipinski definition) is 8. The first-order valence-electron chi connectivity index (χ1n) is 24.5. The lowest BCUT2D eigenvalue weighted by molar-refractivity contribution is -0.194. The summed E-state index contributed by atoms with van der Waals surface area (Å²) in [6, 6.07) is 1.24. The highest BCUT2D eigenvalue weighted by Gasteiger charge is 2.45. The van der Waals surface area contributed by atoms with Gasteiger partial charge in [-0.3, -0.25) is 23.2 Å². The maximum absolute atomic E-state index is 13.3. The Hall–Kier alpha value is -2.88. The molecular weight excluding hydrogens is 944 g/mol. The van der Waals surface area contributed by atoms with Crippen molar-refractivity contribution in [3.05, 3.63) is 47.1 Å². The van der Waals surface area contributed by atoms with Gasteiger partial charge in [-0.05, 0) is 44.1 Å². The summed E-state index contributed by atoms with van der Waals surface area (Å²) in [5, 5.41) is 57.3. The van der Waals surface area contributed by atoms with Crippen LogP contribution in [-0.4, -0.2) is 119 Å². The number of phosphoric acid groups is 2. The van der Waals surface area contributed by atoms with E-state index in [-0.39, 0.29) is 37.9 Å². The first kappa shape index (κ1) is 60.4. The Morgan fingerprint density at radius 2 is 1.57 bits per heavy atom. The summed E-state index contributed by atoms with van der Waals surface area (Å²) in [5.41, 5.74) is 4.77. The number of cyclic esters (lactones) is 1. The average molecular weight is 1020 g/mol. The minimum absolute atomic E-state index is 0.0811. The van der Waals surface area contributed by atoms with E-state index in [1.54, 1.807) is 12.2 Å². The van der Waals surface area contributed by atoms with Crippen molar-refractivity contribution >= 4 is 33.4 Å². The molecule has 0 amide bonds. The second-order valence-corrected chi connectivity index (χ2v) is 21.5. The molecular formula is C46H79N3O18P2. The first-order chi connectivity index (χ1) is 32.7. The van der Waals surface area contributed by atoms with E-state index < -0.39 is 120 Å². The maximum atomic E-state index is 13.3. The molecule has 9 N–H and O–H groups in total. The van der Waals surface area contributed by atoms with Crippen LogP contribution in [0.2, 0.25) is 0 Å². The molecule has 1 fully saturated rings. The van der Waals surface area contributed by atoms with Crippen LogP contribution in [-0.2, 0) is 46.3 Å². The zero-order chi connectivity index (χ0) is 51.0. The summed E-state index contributed by atoms with van der Waals surface area (Å²) in [6.07, 6.45) is 5.84. The van der Waals surface area contributed by atoms with Crippen LogP contribution < -0.4 is 11.4 Å². The Bertz CT molecular complexity index is 1890. The van der Waals surface area contributed by atoms with Crippen molar-refractivity contribution in [2.75, 3.05) is 25.6 Å². The van der Waals surface area contributed by atoms with Crippen molar-refractivity contribution in [2.45, 2.75) is 192 Å². The van der Waals surface area contributed by atoms with Crippen LogP contribution in [0, 0.1) is 17.8 Å². The number of carbonyl (C=O) groups excluding carboxylic acids is 2. The monoisotopic (exact) mass is 1020 g/mol. The van der Waals surface area contributed by atoms with Crippen LogP contribution >= 0.6 is 15.6 Å². The number of aliphatic hydroxyl groups is 5. The normalized spacial score (nSPS) is 31.1. The predicted octanol–water partition coefficient (Wildman–Crippen LogP) is 5.68. The van der Waals surface area contributed by atoms with Crippen molar-refractivity contribution in [2.24, 2.45) is 17.8 Å². The molecule has 21 nitrogen and oxygen atoms in total. The summed E-state index contributed by atoms with van der Waals surface area (Å²) < 4.78 is 58.8. The highest BCUT2D eigenvalue weighted by Crippen LogP contribution is 2.60. The number of fused-ring (bicyclic) bond motifs is 3. The van der Waals surface area contributed by atoms with Gasteiger partial charge in [0.1, 0.15) is 30.9 Å². The van der Waals surface area contributed by atoms with E-state index in [9.17, 15) is 58.8 Å². The van der Waals surface area contributed by atoms with Crippen LogP contribution in [0.5, 0.6) is 0 Å². The number of hydrogen-bond acceptors (Lipinski definition) is 18. The molecule has 69 heavy (non-hydrogen) atoms. The minimum Gasteiger partial charge on any atom is -0.462 e. The first-order valence-corrected chi connectivity index (χ1v) is 27.5. The van der Waals surface area contributed by atoms with Gasteiger partial charge in [-0.1, -0.05) is 116 Å². The van der Waals surface area contributed by atoms with Gasteiger partial charge in [0, 0.05) is 37.3 Å². The molecule has 0 aromatic carbocycles. The van der Waals surface area contributed by atoms with Crippen LogP contribution in [0.15, 0.2) is 41.4 Å². The van der Waals surface area contributed by atoms with Crippen molar-refractivity contribution in [1.82, 2.24) is 9.55 Å². The van der Waals surface area contributed by atoms with Crippen molar-refractivity contribution in [3.8, 4) is 0 Å². The molecule has 2 aliphatic rings. The standard InChI is InChI=1S/C46H79N3O18P2/c1-4-5-14-20-33(50)24-25-35-37(51)28-38(52)36-21-16-12-13-18-23-42(54)65-34(29-62-41(53)22-17-11-9-7-6-8-10-15-19-32(2)3)30-63-68(58,59)67-69(60,61)64-31-39(44(56)43(35)55)66-45(36)49-27-26-40(47)48-46(49)57/h12,16,24-27,32-39,43-45,50-52,55-56H,4-11,13-15,17-23,28-31H2,1-3H3,(H,58,59)(H,60,61)(H2,47,48,57)/b16-12?,25-24-/t33-,34+,35-,36-,37+,38-,39+,43-,44+,45+/m0/s1. The zero-order valence-electron chi connectivity index (χ0n) is 40.4. The molecule has 0 radical (unpaired) electrons. The topological polar surface area (TPSA) is 326 Å². The lowest BCUT2D eigenvalue weighted by atomic mass is 9.82. The number of carbonyl (C=O) groups is 2. The number of anilines is 1. The number of ether oxygens (including phenoxy) is 3. The van der Waals surface area contributed by atoms with Gasteiger partial charge in [-0.25, -0.2) is 13.9 Å². The SMILES string of the molecule is CCCCC[C@H](O)/C=C\[C@@H]1[C@H](O)[C@H](O)[C@H]2COP(=O)(O)OP(=O)(O)OC[C@@H](COC(=O)CCCCCCCCCCC(C)C)OC(=O)CCCC=CC[C@H]([C@H](n3ccc(N)nc3=O)O2)[C@@H](O)C[C@H]1O. The lowest BCUT2D eigenvalue weighted by Gasteiger charge is -2.40. The molecule has 2 aliphatic heterocycles. The molecule has 1 saturated heterocycles. The number of nitrogens with two attached hydrogens (primary N) is 1. The van der Waals surface area contributed by atoms with Crippen molar-refractivity contribution in [3.63, 3.8) is 0 Å². The van der Waals surface area contributed by atoms with Gasteiger partial charge in [0.2, 0.25) is 0 Å². The molecule has 3 heterocycles. The molecule has 2 bridgehead atoms. The Balaban J connectivity index is 1.87. The molecule has 396 valence electrons.